The monoisotopic (exact) mass is 305 g/mol. The van der Waals surface area contributed by atoms with Crippen molar-refractivity contribution in [1.82, 2.24) is 0 Å². The van der Waals surface area contributed by atoms with E-state index in [1.807, 2.05) is 48.5 Å². The number of anilines is 1. The summed E-state index contributed by atoms with van der Waals surface area (Å²) in [7, 11) is 0. The van der Waals surface area contributed by atoms with E-state index in [-0.39, 0.29) is 11.2 Å². The van der Waals surface area contributed by atoms with Crippen molar-refractivity contribution in [3.63, 3.8) is 0 Å². The molecule has 0 saturated carbocycles. The normalized spacial score (nSPS) is 11.9. The third kappa shape index (κ3) is 4.02. The van der Waals surface area contributed by atoms with Crippen LogP contribution in [0.15, 0.2) is 53.4 Å². The van der Waals surface area contributed by atoms with E-state index in [9.17, 15) is 4.79 Å². The lowest BCUT2D eigenvalue weighted by Gasteiger charge is -2.13. The molecule has 0 saturated heterocycles. The molecule has 1 atom stereocenters. The van der Waals surface area contributed by atoms with Crippen LogP contribution in [-0.4, -0.2) is 5.91 Å². The second-order valence-corrected chi connectivity index (χ2v) is 6.31. The zero-order valence-corrected chi connectivity index (χ0v) is 13.0. The SMILES string of the molecule is CC(=O)Nc1ccc(S[C@H](C)c2ccccc2Cl)cc1. The average Bonchev–Trinajstić information content (AvgIpc) is 2.41. The summed E-state index contributed by atoms with van der Waals surface area (Å²) < 4.78 is 0. The maximum atomic E-state index is 11.0. The fourth-order valence-corrected chi connectivity index (χ4v) is 3.29. The Labute approximate surface area is 128 Å². The summed E-state index contributed by atoms with van der Waals surface area (Å²) in [4.78, 5) is 12.1. The minimum absolute atomic E-state index is 0.0603. The standard InChI is InChI=1S/C16H16ClNOS/c1-11(15-5-3-4-6-16(15)17)20-14-9-7-13(8-10-14)18-12(2)19/h3-11H,1-2H3,(H,18,19)/t11-/m1/s1. The lowest BCUT2D eigenvalue weighted by atomic mass is 10.2. The lowest BCUT2D eigenvalue weighted by molar-refractivity contribution is -0.114. The van der Waals surface area contributed by atoms with E-state index in [0.29, 0.717) is 0 Å². The van der Waals surface area contributed by atoms with Crippen LogP contribution in [0.3, 0.4) is 0 Å². The van der Waals surface area contributed by atoms with Gasteiger partial charge in [0.15, 0.2) is 0 Å². The van der Waals surface area contributed by atoms with Gasteiger partial charge in [0.1, 0.15) is 0 Å². The van der Waals surface area contributed by atoms with E-state index >= 15 is 0 Å². The van der Waals surface area contributed by atoms with Crippen molar-refractivity contribution in [2.45, 2.75) is 24.0 Å². The van der Waals surface area contributed by atoms with Gasteiger partial charge >= 0.3 is 0 Å². The quantitative estimate of drug-likeness (QED) is 0.791. The Balaban J connectivity index is 2.06. The Morgan fingerprint density at radius 1 is 1.15 bits per heavy atom. The van der Waals surface area contributed by atoms with Crippen LogP contribution < -0.4 is 5.32 Å². The summed E-state index contributed by atoms with van der Waals surface area (Å²) in [6.45, 7) is 3.63. The Morgan fingerprint density at radius 3 is 2.40 bits per heavy atom. The highest BCUT2D eigenvalue weighted by atomic mass is 35.5. The van der Waals surface area contributed by atoms with Crippen molar-refractivity contribution >= 4 is 35.0 Å². The highest BCUT2D eigenvalue weighted by Gasteiger charge is 2.10. The summed E-state index contributed by atoms with van der Waals surface area (Å²) in [6.07, 6.45) is 0. The molecule has 0 aliphatic carbocycles. The molecular weight excluding hydrogens is 290 g/mol. The molecule has 0 radical (unpaired) electrons. The van der Waals surface area contributed by atoms with E-state index in [2.05, 4.69) is 12.2 Å². The van der Waals surface area contributed by atoms with E-state index in [1.54, 1.807) is 11.8 Å². The Kier molecular flexibility index (Phi) is 5.10. The molecule has 2 aromatic carbocycles. The molecule has 0 fully saturated rings. The van der Waals surface area contributed by atoms with Gasteiger partial charge < -0.3 is 5.32 Å². The van der Waals surface area contributed by atoms with Crippen LogP contribution in [0.1, 0.15) is 24.7 Å². The fourth-order valence-electron chi connectivity index (χ4n) is 1.89. The topological polar surface area (TPSA) is 29.1 Å². The second kappa shape index (κ2) is 6.82. The number of hydrogen-bond acceptors (Lipinski definition) is 2. The Morgan fingerprint density at radius 2 is 1.80 bits per heavy atom. The molecule has 0 aliphatic rings. The number of carbonyl (C=O) groups is 1. The summed E-state index contributed by atoms with van der Waals surface area (Å²) in [5.41, 5.74) is 1.94. The maximum absolute atomic E-state index is 11.0. The van der Waals surface area contributed by atoms with E-state index < -0.39 is 0 Å². The molecule has 0 bridgehead atoms. The summed E-state index contributed by atoms with van der Waals surface area (Å²) in [6, 6.07) is 15.7. The molecule has 0 unspecified atom stereocenters. The van der Waals surface area contributed by atoms with Gasteiger partial charge in [-0.25, -0.2) is 0 Å². The van der Waals surface area contributed by atoms with Crippen LogP contribution in [0.5, 0.6) is 0 Å². The molecule has 2 nitrogen and oxygen atoms in total. The van der Waals surface area contributed by atoms with Crippen LogP contribution >= 0.6 is 23.4 Å². The highest BCUT2D eigenvalue weighted by Crippen LogP contribution is 2.37. The smallest absolute Gasteiger partial charge is 0.221 e. The van der Waals surface area contributed by atoms with Gasteiger partial charge in [-0.2, -0.15) is 0 Å². The average molecular weight is 306 g/mol. The molecule has 4 heteroatoms. The number of nitrogens with one attached hydrogen (secondary N) is 1. The molecule has 2 aromatic rings. The van der Waals surface area contributed by atoms with Gasteiger partial charge in [-0.05, 0) is 42.8 Å². The predicted molar refractivity (Wildman–Crippen MR) is 86.5 cm³/mol. The first kappa shape index (κ1) is 14.9. The number of carbonyl (C=O) groups excluding carboxylic acids is 1. The lowest BCUT2D eigenvalue weighted by Crippen LogP contribution is -2.05. The van der Waals surface area contributed by atoms with E-state index in [4.69, 9.17) is 11.6 Å². The minimum Gasteiger partial charge on any atom is -0.326 e. The predicted octanol–water partition coefficient (Wildman–Crippen LogP) is 5.15. The highest BCUT2D eigenvalue weighted by molar-refractivity contribution is 7.99. The van der Waals surface area contributed by atoms with Gasteiger partial charge in [0, 0.05) is 27.8 Å². The second-order valence-electron chi connectivity index (χ2n) is 4.49. The van der Waals surface area contributed by atoms with Crippen molar-refractivity contribution in [2.75, 3.05) is 5.32 Å². The summed E-state index contributed by atoms with van der Waals surface area (Å²) in [5, 5.41) is 3.82. The van der Waals surface area contributed by atoms with Crippen LogP contribution in [0.2, 0.25) is 5.02 Å². The van der Waals surface area contributed by atoms with Crippen molar-refractivity contribution < 1.29 is 4.79 Å². The maximum Gasteiger partial charge on any atom is 0.221 e. The van der Waals surface area contributed by atoms with Crippen molar-refractivity contribution in [3.05, 3.63) is 59.1 Å². The zero-order valence-electron chi connectivity index (χ0n) is 11.4. The summed E-state index contributed by atoms with van der Waals surface area (Å²) >= 11 is 7.95. The van der Waals surface area contributed by atoms with E-state index in [0.717, 1.165) is 21.2 Å². The first-order valence-corrected chi connectivity index (χ1v) is 7.61. The van der Waals surface area contributed by atoms with Crippen LogP contribution in [0, 0.1) is 0 Å². The molecule has 104 valence electrons. The molecule has 2 rings (SSSR count). The van der Waals surface area contributed by atoms with Crippen LogP contribution in [0.25, 0.3) is 0 Å². The van der Waals surface area contributed by atoms with Crippen molar-refractivity contribution in [3.8, 4) is 0 Å². The number of hydrogen-bond donors (Lipinski definition) is 1. The molecule has 0 heterocycles. The van der Waals surface area contributed by atoms with Gasteiger partial charge in [-0.1, -0.05) is 29.8 Å². The number of amides is 1. The van der Waals surface area contributed by atoms with E-state index in [1.165, 1.54) is 6.92 Å². The number of thioether (sulfide) groups is 1. The van der Waals surface area contributed by atoms with Gasteiger partial charge in [0.2, 0.25) is 5.91 Å². The first-order chi connectivity index (χ1) is 9.56. The van der Waals surface area contributed by atoms with Crippen LogP contribution in [0.4, 0.5) is 5.69 Å². The third-order valence-corrected chi connectivity index (χ3v) is 4.33. The Bertz CT molecular complexity index is 598. The van der Waals surface area contributed by atoms with Gasteiger partial charge in [0.05, 0.1) is 0 Å². The van der Waals surface area contributed by atoms with Crippen LogP contribution in [-0.2, 0) is 4.79 Å². The largest absolute Gasteiger partial charge is 0.326 e. The van der Waals surface area contributed by atoms with Gasteiger partial charge in [-0.15, -0.1) is 11.8 Å². The number of halogens is 1. The fraction of sp³-hybridized carbons (Fsp3) is 0.188. The summed E-state index contributed by atoms with van der Waals surface area (Å²) in [5.74, 6) is -0.0603. The van der Waals surface area contributed by atoms with Gasteiger partial charge in [-0.3, -0.25) is 4.79 Å². The molecule has 0 aliphatic heterocycles. The van der Waals surface area contributed by atoms with Gasteiger partial charge in [0.25, 0.3) is 0 Å². The number of rotatable bonds is 4. The number of benzene rings is 2. The molecule has 1 N–H and O–H groups in total. The van der Waals surface area contributed by atoms with Crippen molar-refractivity contribution in [1.29, 1.82) is 0 Å². The molecular formula is C16H16ClNOS. The molecule has 1 amide bonds. The molecule has 0 aromatic heterocycles. The minimum atomic E-state index is -0.0603. The first-order valence-electron chi connectivity index (χ1n) is 6.35. The van der Waals surface area contributed by atoms with Crippen molar-refractivity contribution in [2.24, 2.45) is 0 Å². The zero-order chi connectivity index (χ0) is 14.5. The molecule has 0 spiro atoms. The third-order valence-electron chi connectivity index (χ3n) is 2.83. The Hall–Kier alpha value is -1.45. The molecule has 20 heavy (non-hydrogen) atoms.